The van der Waals surface area contributed by atoms with Gasteiger partial charge in [-0.05, 0) is 44.9 Å². The Hall–Kier alpha value is -3.35. The Balaban J connectivity index is 1.86. The molecule has 0 unspecified atom stereocenters. The molecule has 3 rings (SSSR count). The third kappa shape index (κ3) is 4.45. The third-order valence-corrected chi connectivity index (χ3v) is 4.82. The molecule has 7 heteroatoms. The lowest BCUT2D eigenvalue weighted by Gasteiger charge is -2.25. The summed E-state index contributed by atoms with van der Waals surface area (Å²) in [6.45, 7) is 6.77. The number of alkyl carbamates (subject to hydrolysis) is 1. The highest BCUT2D eigenvalue weighted by Crippen LogP contribution is 2.39. The second kappa shape index (κ2) is 8.18. The van der Waals surface area contributed by atoms with Gasteiger partial charge in [-0.1, -0.05) is 42.5 Å². The summed E-state index contributed by atoms with van der Waals surface area (Å²) in [4.78, 5) is 39.6. The van der Waals surface area contributed by atoms with Gasteiger partial charge in [0.2, 0.25) is 5.91 Å². The van der Waals surface area contributed by atoms with E-state index >= 15 is 0 Å². The highest BCUT2D eigenvalue weighted by molar-refractivity contribution is 6.06. The van der Waals surface area contributed by atoms with Crippen molar-refractivity contribution in [3.05, 3.63) is 54.1 Å². The van der Waals surface area contributed by atoms with Gasteiger partial charge in [-0.15, -0.1) is 0 Å². The molecule has 0 radical (unpaired) electrons. The fourth-order valence-electron chi connectivity index (χ4n) is 3.39. The quantitative estimate of drug-likeness (QED) is 0.813. The Bertz CT molecular complexity index is 980. The van der Waals surface area contributed by atoms with Crippen LogP contribution in [0.5, 0.6) is 0 Å². The van der Waals surface area contributed by atoms with Crippen LogP contribution in [0, 0.1) is 0 Å². The van der Waals surface area contributed by atoms with Crippen LogP contribution in [0.1, 0.15) is 39.3 Å². The van der Waals surface area contributed by atoms with Gasteiger partial charge in [0.25, 0.3) is 5.91 Å². The van der Waals surface area contributed by atoms with E-state index in [1.807, 2.05) is 48.5 Å². The Morgan fingerprint density at radius 3 is 2.30 bits per heavy atom. The Morgan fingerprint density at radius 2 is 1.63 bits per heavy atom. The molecular weight excluding hydrogens is 382 g/mol. The van der Waals surface area contributed by atoms with Gasteiger partial charge in [-0.2, -0.15) is 0 Å². The lowest BCUT2D eigenvalue weighted by molar-refractivity contribution is -0.128. The number of fused-ring (bicyclic) bond motifs is 3. The zero-order valence-electron chi connectivity index (χ0n) is 17.9. The number of nitrogens with one attached hydrogen (secondary N) is 2. The maximum Gasteiger partial charge on any atom is 0.408 e. The van der Waals surface area contributed by atoms with Crippen LogP contribution in [0.15, 0.2) is 48.5 Å². The van der Waals surface area contributed by atoms with Gasteiger partial charge in [-0.25, -0.2) is 4.79 Å². The number of carbonyl (C=O) groups is 3. The van der Waals surface area contributed by atoms with Crippen LogP contribution in [0.25, 0.3) is 11.1 Å². The maximum absolute atomic E-state index is 13.2. The number of benzene rings is 2. The summed E-state index contributed by atoms with van der Waals surface area (Å²) >= 11 is 0. The second-order valence-corrected chi connectivity index (χ2v) is 8.31. The van der Waals surface area contributed by atoms with E-state index in [4.69, 9.17) is 4.74 Å². The molecule has 7 nitrogen and oxygen atoms in total. The lowest BCUT2D eigenvalue weighted by atomic mass is 9.95. The number of hydrogen-bond acceptors (Lipinski definition) is 4. The Labute approximate surface area is 176 Å². The average Bonchev–Trinajstić information content (AvgIpc) is 2.76. The smallest absolute Gasteiger partial charge is 0.408 e. The van der Waals surface area contributed by atoms with Crippen LogP contribution in [0.4, 0.5) is 10.5 Å². The fraction of sp³-hybridized carbons (Fsp3) is 0.348. The lowest BCUT2D eigenvalue weighted by Crippen LogP contribution is -2.49. The van der Waals surface area contributed by atoms with Crippen LogP contribution in [0.3, 0.4) is 0 Å². The van der Waals surface area contributed by atoms with E-state index in [-0.39, 0.29) is 5.91 Å². The van der Waals surface area contributed by atoms with E-state index in [1.165, 1.54) is 0 Å². The molecule has 1 aliphatic rings. The van der Waals surface area contributed by atoms with Crippen molar-refractivity contribution in [2.45, 2.75) is 45.4 Å². The van der Waals surface area contributed by atoms with Crippen LogP contribution in [0.2, 0.25) is 0 Å². The highest BCUT2D eigenvalue weighted by Gasteiger charge is 2.34. The third-order valence-electron chi connectivity index (χ3n) is 4.82. The standard InChI is InChI=1S/C23H27N3O4/c1-14(24-22(29)30-23(2,3)4)20(27)25-19-17-12-7-6-10-15(17)16-11-8-9-13-18(16)26(5)21(19)28/h6-14,19H,1-5H3,(H,24,29)(H,25,27)/t14-,19-/m0/s1. The minimum absolute atomic E-state index is 0.259. The molecule has 0 bridgehead atoms. The first-order valence-corrected chi connectivity index (χ1v) is 9.84. The van der Waals surface area contributed by atoms with Crippen molar-refractivity contribution in [3.63, 3.8) is 0 Å². The van der Waals surface area contributed by atoms with Crippen molar-refractivity contribution < 1.29 is 19.1 Å². The van der Waals surface area contributed by atoms with Crippen LogP contribution < -0.4 is 15.5 Å². The van der Waals surface area contributed by atoms with Gasteiger partial charge in [-0.3, -0.25) is 9.59 Å². The van der Waals surface area contributed by atoms with E-state index in [9.17, 15) is 14.4 Å². The molecule has 0 aliphatic carbocycles. The van der Waals surface area contributed by atoms with E-state index in [0.29, 0.717) is 5.56 Å². The molecule has 0 spiro atoms. The zero-order chi connectivity index (χ0) is 22.1. The van der Waals surface area contributed by atoms with Crippen molar-refractivity contribution >= 4 is 23.6 Å². The molecule has 2 aromatic rings. The predicted molar refractivity (Wildman–Crippen MR) is 115 cm³/mol. The topological polar surface area (TPSA) is 87.7 Å². The number of anilines is 1. The fourth-order valence-corrected chi connectivity index (χ4v) is 3.39. The van der Waals surface area contributed by atoms with Crippen LogP contribution in [-0.4, -0.2) is 36.6 Å². The summed E-state index contributed by atoms with van der Waals surface area (Å²) in [5.41, 5.74) is 2.60. The van der Waals surface area contributed by atoms with Crippen molar-refractivity contribution in [2.24, 2.45) is 0 Å². The van der Waals surface area contributed by atoms with E-state index in [0.717, 1.165) is 16.8 Å². The molecule has 0 fully saturated rings. The van der Waals surface area contributed by atoms with E-state index < -0.39 is 29.7 Å². The molecule has 1 heterocycles. The number of likely N-dealkylation sites (N-methyl/N-ethyl adjacent to an activating group) is 1. The summed E-state index contributed by atoms with van der Waals surface area (Å²) in [6.07, 6.45) is -0.692. The van der Waals surface area contributed by atoms with Crippen molar-refractivity contribution in [2.75, 3.05) is 11.9 Å². The molecule has 30 heavy (non-hydrogen) atoms. The molecular formula is C23H27N3O4. The summed E-state index contributed by atoms with van der Waals surface area (Å²) in [5.74, 6) is -0.737. The average molecular weight is 409 g/mol. The van der Waals surface area contributed by atoms with Gasteiger partial charge in [0, 0.05) is 12.6 Å². The summed E-state index contributed by atoms with van der Waals surface area (Å²) < 4.78 is 5.20. The van der Waals surface area contributed by atoms with E-state index in [2.05, 4.69) is 10.6 Å². The van der Waals surface area contributed by atoms with Crippen molar-refractivity contribution in [1.29, 1.82) is 0 Å². The largest absolute Gasteiger partial charge is 0.444 e. The SMILES string of the molecule is C[C@H](NC(=O)OC(C)(C)C)C(=O)N[C@@H]1C(=O)N(C)c2ccccc2-c2ccccc21. The van der Waals surface area contributed by atoms with Crippen LogP contribution >= 0.6 is 0 Å². The molecule has 0 aromatic heterocycles. The summed E-state index contributed by atoms with van der Waals surface area (Å²) in [6, 6.07) is 13.4. The minimum atomic E-state index is -0.881. The summed E-state index contributed by atoms with van der Waals surface area (Å²) in [7, 11) is 1.69. The number of amides is 3. The Morgan fingerprint density at radius 1 is 1.03 bits per heavy atom. The first kappa shape index (κ1) is 21.4. The van der Waals surface area contributed by atoms with Crippen molar-refractivity contribution in [1.82, 2.24) is 10.6 Å². The molecule has 1 aliphatic heterocycles. The molecule has 158 valence electrons. The molecule has 2 atom stereocenters. The van der Waals surface area contributed by atoms with Gasteiger partial charge < -0.3 is 20.3 Å². The number of ether oxygens (including phenoxy) is 1. The minimum Gasteiger partial charge on any atom is -0.444 e. The number of rotatable bonds is 3. The number of hydrogen-bond donors (Lipinski definition) is 2. The van der Waals surface area contributed by atoms with Gasteiger partial charge in [0.05, 0.1) is 5.69 Å². The predicted octanol–water partition coefficient (Wildman–Crippen LogP) is 3.40. The monoisotopic (exact) mass is 409 g/mol. The molecule has 2 N–H and O–H groups in total. The van der Waals surface area contributed by atoms with Gasteiger partial charge in [0.15, 0.2) is 0 Å². The zero-order valence-corrected chi connectivity index (χ0v) is 17.9. The summed E-state index contributed by atoms with van der Waals surface area (Å²) in [5, 5.41) is 5.31. The van der Waals surface area contributed by atoms with Crippen LogP contribution in [-0.2, 0) is 14.3 Å². The number of carbonyl (C=O) groups excluding carboxylic acids is 3. The normalized spacial score (nSPS) is 16.6. The molecule has 2 aromatic carbocycles. The van der Waals surface area contributed by atoms with Gasteiger partial charge in [0.1, 0.15) is 17.7 Å². The Kier molecular flexibility index (Phi) is 5.82. The number of para-hydroxylation sites is 1. The molecule has 3 amide bonds. The van der Waals surface area contributed by atoms with E-state index in [1.54, 1.807) is 39.6 Å². The molecule has 0 saturated carbocycles. The van der Waals surface area contributed by atoms with Gasteiger partial charge >= 0.3 is 6.09 Å². The highest BCUT2D eigenvalue weighted by atomic mass is 16.6. The first-order chi connectivity index (χ1) is 14.1. The number of nitrogens with zero attached hydrogens (tertiary/aromatic N) is 1. The second-order valence-electron chi connectivity index (χ2n) is 8.31. The maximum atomic E-state index is 13.2. The first-order valence-electron chi connectivity index (χ1n) is 9.84. The van der Waals surface area contributed by atoms with Crippen molar-refractivity contribution in [3.8, 4) is 11.1 Å². The molecule has 0 saturated heterocycles.